The van der Waals surface area contributed by atoms with Crippen molar-refractivity contribution in [3.05, 3.63) is 65.2 Å². The number of sulfonamides is 1. The Labute approximate surface area is 148 Å². The minimum atomic E-state index is -3.58. The Kier molecular flexibility index (Phi) is 5.56. The lowest BCUT2D eigenvalue weighted by atomic mass is 10.1. The van der Waals surface area contributed by atoms with Crippen molar-refractivity contribution in [3.63, 3.8) is 0 Å². The second-order valence-electron chi connectivity index (χ2n) is 5.98. The Morgan fingerprint density at radius 1 is 1.04 bits per heavy atom. The van der Waals surface area contributed by atoms with Gasteiger partial charge in [-0.25, -0.2) is 13.1 Å². The predicted molar refractivity (Wildman–Crippen MR) is 96.6 cm³/mol. The van der Waals surface area contributed by atoms with Gasteiger partial charge >= 0.3 is 0 Å². The Hall–Kier alpha value is -1.40. The molecule has 1 heterocycles. The summed E-state index contributed by atoms with van der Waals surface area (Å²) in [6, 6.07) is 16.4. The van der Waals surface area contributed by atoms with Crippen molar-refractivity contribution in [2.45, 2.75) is 23.8 Å². The lowest BCUT2D eigenvalue weighted by molar-refractivity contribution is 0.246. The molecule has 2 aromatic carbocycles. The molecule has 0 amide bonds. The summed E-state index contributed by atoms with van der Waals surface area (Å²) in [6.07, 6.45) is 2.31. The van der Waals surface area contributed by atoms with Crippen LogP contribution in [0.2, 0.25) is 5.02 Å². The highest BCUT2D eigenvalue weighted by Gasteiger charge is 2.25. The van der Waals surface area contributed by atoms with Crippen molar-refractivity contribution in [2.24, 2.45) is 0 Å². The van der Waals surface area contributed by atoms with Crippen LogP contribution in [0.15, 0.2) is 59.5 Å². The Morgan fingerprint density at radius 3 is 2.42 bits per heavy atom. The van der Waals surface area contributed by atoms with Crippen LogP contribution in [0.3, 0.4) is 0 Å². The monoisotopic (exact) mass is 364 g/mol. The van der Waals surface area contributed by atoms with Crippen LogP contribution in [0.5, 0.6) is 0 Å². The molecule has 1 atom stereocenters. The number of rotatable bonds is 6. The van der Waals surface area contributed by atoms with E-state index in [0.717, 1.165) is 31.5 Å². The SMILES string of the molecule is O=S(=O)(NC[C@@H](c1ccccc1)N1CCCC1)c1cccc(Cl)c1. The van der Waals surface area contributed by atoms with Crippen LogP contribution in [-0.2, 0) is 10.0 Å². The smallest absolute Gasteiger partial charge is 0.240 e. The molecule has 0 bridgehead atoms. The highest BCUT2D eigenvalue weighted by atomic mass is 35.5. The van der Waals surface area contributed by atoms with Crippen molar-refractivity contribution in [3.8, 4) is 0 Å². The fourth-order valence-corrected chi connectivity index (χ4v) is 4.43. The summed E-state index contributed by atoms with van der Waals surface area (Å²) in [5.74, 6) is 0. The van der Waals surface area contributed by atoms with E-state index in [-0.39, 0.29) is 10.9 Å². The Balaban J connectivity index is 1.78. The fraction of sp³-hybridized carbons (Fsp3) is 0.333. The summed E-state index contributed by atoms with van der Waals surface area (Å²) in [6.45, 7) is 2.34. The largest absolute Gasteiger partial charge is 0.295 e. The first-order chi connectivity index (χ1) is 11.6. The molecule has 0 saturated carbocycles. The highest BCUT2D eigenvalue weighted by molar-refractivity contribution is 7.89. The number of hydrogen-bond acceptors (Lipinski definition) is 3. The molecule has 0 spiro atoms. The molecule has 1 fully saturated rings. The standard InChI is InChI=1S/C18H21ClN2O2S/c19-16-9-6-10-17(13-16)24(22,23)20-14-18(21-11-4-5-12-21)15-7-2-1-3-8-15/h1-3,6-10,13,18,20H,4-5,11-12,14H2/t18-/m0/s1. The van der Waals surface area contributed by atoms with Gasteiger partial charge in [0.2, 0.25) is 10.0 Å². The van der Waals surface area contributed by atoms with Crippen molar-refractivity contribution in [2.75, 3.05) is 19.6 Å². The van der Waals surface area contributed by atoms with Gasteiger partial charge in [-0.3, -0.25) is 4.90 Å². The van der Waals surface area contributed by atoms with E-state index in [1.807, 2.05) is 18.2 Å². The second-order valence-corrected chi connectivity index (χ2v) is 8.18. The predicted octanol–water partition coefficient (Wildman–Crippen LogP) is 3.46. The Morgan fingerprint density at radius 2 is 1.75 bits per heavy atom. The van der Waals surface area contributed by atoms with Gasteiger partial charge in [0.25, 0.3) is 0 Å². The number of nitrogens with zero attached hydrogens (tertiary/aromatic N) is 1. The van der Waals surface area contributed by atoms with E-state index in [2.05, 4.69) is 21.8 Å². The van der Waals surface area contributed by atoms with Gasteiger partial charge in [-0.2, -0.15) is 0 Å². The molecule has 0 aliphatic carbocycles. The van der Waals surface area contributed by atoms with E-state index in [4.69, 9.17) is 11.6 Å². The van der Waals surface area contributed by atoms with Crippen molar-refractivity contribution < 1.29 is 8.42 Å². The van der Waals surface area contributed by atoms with Gasteiger partial charge in [0.1, 0.15) is 0 Å². The third kappa shape index (κ3) is 4.16. The molecule has 2 aromatic rings. The average Bonchev–Trinajstić information content (AvgIpc) is 3.10. The van der Waals surface area contributed by atoms with E-state index in [1.165, 1.54) is 6.07 Å². The molecule has 1 aliphatic rings. The number of likely N-dealkylation sites (tertiary alicyclic amines) is 1. The third-order valence-electron chi connectivity index (χ3n) is 4.34. The average molecular weight is 365 g/mol. The summed E-state index contributed by atoms with van der Waals surface area (Å²) in [7, 11) is -3.58. The molecular weight excluding hydrogens is 344 g/mol. The molecule has 0 aromatic heterocycles. The van der Waals surface area contributed by atoms with Gasteiger partial charge in [0.15, 0.2) is 0 Å². The number of hydrogen-bond donors (Lipinski definition) is 1. The second kappa shape index (κ2) is 7.66. The molecule has 0 radical (unpaired) electrons. The molecule has 1 saturated heterocycles. The minimum Gasteiger partial charge on any atom is -0.295 e. The zero-order valence-electron chi connectivity index (χ0n) is 13.4. The molecule has 6 heteroatoms. The van der Waals surface area contributed by atoms with Crippen molar-refractivity contribution in [1.29, 1.82) is 0 Å². The normalized spacial score (nSPS) is 17.0. The lowest BCUT2D eigenvalue weighted by Gasteiger charge is -2.28. The summed E-state index contributed by atoms with van der Waals surface area (Å²) >= 11 is 5.91. The summed E-state index contributed by atoms with van der Waals surface area (Å²) in [4.78, 5) is 2.54. The van der Waals surface area contributed by atoms with Crippen LogP contribution < -0.4 is 4.72 Å². The van der Waals surface area contributed by atoms with Crippen LogP contribution in [-0.4, -0.2) is 33.0 Å². The quantitative estimate of drug-likeness (QED) is 0.854. The molecule has 24 heavy (non-hydrogen) atoms. The van der Waals surface area contributed by atoms with Crippen LogP contribution in [0.1, 0.15) is 24.4 Å². The molecule has 1 N–H and O–H groups in total. The first-order valence-electron chi connectivity index (χ1n) is 8.10. The maximum Gasteiger partial charge on any atom is 0.240 e. The van der Waals surface area contributed by atoms with Crippen molar-refractivity contribution >= 4 is 21.6 Å². The topological polar surface area (TPSA) is 49.4 Å². The van der Waals surface area contributed by atoms with Gasteiger partial charge in [0, 0.05) is 17.6 Å². The summed E-state index contributed by atoms with van der Waals surface area (Å²) in [5, 5.41) is 0.414. The maximum atomic E-state index is 12.5. The number of halogens is 1. The van der Waals surface area contributed by atoms with Crippen LogP contribution in [0.25, 0.3) is 0 Å². The molecule has 128 valence electrons. The van der Waals surface area contributed by atoms with Crippen LogP contribution >= 0.6 is 11.6 Å². The van der Waals surface area contributed by atoms with Gasteiger partial charge in [-0.05, 0) is 49.7 Å². The zero-order chi connectivity index (χ0) is 17.0. The van der Waals surface area contributed by atoms with Gasteiger partial charge in [-0.15, -0.1) is 0 Å². The minimum absolute atomic E-state index is 0.0441. The zero-order valence-corrected chi connectivity index (χ0v) is 14.9. The lowest BCUT2D eigenvalue weighted by Crippen LogP contribution is -2.36. The third-order valence-corrected chi connectivity index (χ3v) is 6.00. The van der Waals surface area contributed by atoms with E-state index < -0.39 is 10.0 Å². The molecular formula is C18H21ClN2O2S. The fourth-order valence-electron chi connectivity index (χ4n) is 3.09. The molecule has 1 aliphatic heterocycles. The Bertz CT molecular complexity index is 775. The van der Waals surface area contributed by atoms with Gasteiger partial charge < -0.3 is 0 Å². The summed E-state index contributed by atoms with van der Waals surface area (Å²) < 4.78 is 27.8. The number of nitrogens with one attached hydrogen (secondary N) is 1. The van der Waals surface area contributed by atoms with E-state index in [9.17, 15) is 8.42 Å². The van der Waals surface area contributed by atoms with Crippen molar-refractivity contribution in [1.82, 2.24) is 9.62 Å². The van der Waals surface area contributed by atoms with Crippen LogP contribution in [0, 0.1) is 0 Å². The maximum absolute atomic E-state index is 12.5. The molecule has 3 rings (SSSR count). The summed E-state index contributed by atoms with van der Waals surface area (Å²) in [5.41, 5.74) is 1.13. The first-order valence-corrected chi connectivity index (χ1v) is 9.96. The molecule has 4 nitrogen and oxygen atoms in total. The van der Waals surface area contributed by atoms with E-state index in [0.29, 0.717) is 11.6 Å². The highest BCUT2D eigenvalue weighted by Crippen LogP contribution is 2.25. The van der Waals surface area contributed by atoms with E-state index >= 15 is 0 Å². The van der Waals surface area contributed by atoms with Gasteiger partial charge in [-0.1, -0.05) is 48.0 Å². The number of benzene rings is 2. The molecule has 0 unspecified atom stereocenters. The van der Waals surface area contributed by atoms with Crippen LogP contribution in [0.4, 0.5) is 0 Å². The van der Waals surface area contributed by atoms with Gasteiger partial charge in [0.05, 0.1) is 4.90 Å². The first kappa shape index (κ1) is 17.4. The van der Waals surface area contributed by atoms with E-state index in [1.54, 1.807) is 18.2 Å².